The molecule has 1 aliphatic carbocycles. The molecule has 0 radical (unpaired) electrons. The van der Waals surface area contributed by atoms with Crippen LogP contribution in [0.5, 0.6) is 0 Å². The molecule has 1 atom stereocenters. The van der Waals surface area contributed by atoms with Gasteiger partial charge in [-0.15, -0.1) is 5.10 Å². The normalized spacial score (nSPS) is 20.9. The second-order valence-electron chi connectivity index (χ2n) is 3.69. The Morgan fingerprint density at radius 2 is 2.36 bits per heavy atom. The van der Waals surface area contributed by atoms with E-state index >= 15 is 0 Å². The van der Waals surface area contributed by atoms with Gasteiger partial charge in [0.25, 0.3) is 0 Å². The minimum atomic E-state index is -1.48. The van der Waals surface area contributed by atoms with E-state index in [1.807, 2.05) is 0 Å². The van der Waals surface area contributed by atoms with Crippen LogP contribution in [0, 0.1) is 5.92 Å². The summed E-state index contributed by atoms with van der Waals surface area (Å²) >= 11 is 3.20. The van der Waals surface area contributed by atoms with Gasteiger partial charge in [-0.3, -0.25) is 0 Å². The van der Waals surface area contributed by atoms with E-state index in [0.717, 1.165) is 12.8 Å². The van der Waals surface area contributed by atoms with E-state index in [-0.39, 0.29) is 12.5 Å². The molecule has 0 aromatic carbocycles. The third kappa shape index (κ3) is 1.37. The summed E-state index contributed by atoms with van der Waals surface area (Å²) in [5.41, 5.74) is 4.50. The van der Waals surface area contributed by atoms with E-state index in [4.69, 9.17) is 5.73 Å². The van der Waals surface area contributed by atoms with Gasteiger partial charge in [-0.05, 0) is 28.8 Å². The van der Waals surface area contributed by atoms with Crippen LogP contribution in [-0.4, -0.2) is 21.5 Å². The van der Waals surface area contributed by atoms with Crippen molar-refractivity contribution in [3.05, 3.63) is 10.3 Å². The first-order valence-corrected chi connectivity index (χ1v) is 5.33. The van der Waals surface area contributed by atoms with E-state index in [0.29, 0.717) is 10.3 Å². The zero-order chi connectivity index (χ0) is 10.3. The van der Waals surface area contributed by atoms with E-state index in [1.54, 1.807) is 7.05 Å². The van der Waals surface area contributed by atoms with Crippen molar-refractivity contribution < 1.29 is 4.39 Å². The Kier molecular flexibility index (Phi) is 2.35. The van der Waals surface area contributed by atoms with Gasteiger partial charge >= 0.3 is 0 Å². The van der Waals surface area contributed by atoms with Crippen LogP contribution in [-0.2, 0) is 12.7 Å². The quantitative estimate of drug-likeness (QED) is 0.888. The summed E-state index contributed by atoms with van der Waals surface area (Å²) in [5.74, 6) is 0.0287. The SMILES string of the molecule is Cn1nnc(Br)c1C(F)(CN)C1CC1. The lowest BCUT2D eigenvalue weighted by Crippen LogP contribution is -2.35. The van der Waals surface area contributed by atoms with Crippen molar-refractivity contribution in [3.8, 4) is 0 Å². The van der Waals surface area contributed by atoms with Gasteiger partial charge in [0.2, 0.25) is 0 Å². The minimum Gasteiger partial charge on any atom is -0.327 e. The molecule has 14 heavy (non-hydrogen) atoms. The van der Waals surface area contributed by atoms with Crippen LogP contribution in [0.15, 0.2) is 4.60 Å². The summed E-state index contributed by atoms with van der Waals surface area (Å²) in [5, 5.41) is 7.54. The standard InChI is InChI=1S/C8H12BrFN4/c1-14-6(7(9)12-13-14)8(10,4-11)5-2-3-5/h5H,2-4,11H2,1H3. The van der Waals surface area contributed by atoms with Crippen LogP contribution in [0.2, 0.25) is 0 Å². The van der Waals surface area contributed by atoms with Crippen molar-refractivity contribution in [3.63, 3.8) is 0 Å². The van der Waals surface area contributed by atoms with Gasteiger partial charge in [0.05, 0.1) is 0 Å². The largest absolute Gasteiger partial charge is 0.327 e. The topological polar surface area (TPSA) is 56.7 Å². The summed E-state index contributed by atoms with van der Waals surface area (Å²) < 4.78 is 16.4. The van der Waals surface area contributed by atoms with Gasteiger partial charge in [-0.2, -0.15) is 0 Å². The fourth-order valence-electron chi connectivity index (χ4n) is 1.77. The maximum Gasteiger partial charge on any atom is 0.170 e. The molecule has 1 aromatic heterocycles. The molecule has 0 saturated heterocycles. The van der Waals surface area contributed by atoms with Gasteiger partial charge in [-0.1, -0.05) is 5.21 Å². The Labute approximate surface area is 89.8 Å². The molecule has 0 bridgehead atoms. The smallest absolute Gasteiger partial charge is 0.170 e. The Hall–Kier alpha value is -0.490. The maximum absolute atomic E-state index is 14.5. The third-order valence-electron chi connectivity index (χ3n) is 2.70. The predicted octanol–water partition coefficient (Wildman–Crippen LogP) is 1.11. The van der Waals surface area contributed by atoms with Crippen LogP contribution in [0.1, 0.15) is 18.5 Å². The summed E-state index contributed by atoms with van der Waals surface area (Å²) in [7, 11) is 1.68. The fourth-order valence-corrected chi connectivity index (χ4v) is 2.43. The molecule has 1 aromatic rings. The average Bonchev–Trinajstić information content (AvgIpc) is 2.94. The van der Waals surface area contributed by atoms with Crippen LogP contribution in [0.3, 0.4) is 0 Å². The van der Waals surface area contributed by atoms with Gasteiger partial charge in [0, 0.05) is 19.5 Å². The Bertz CT molecular complexity index is 330. The molecule has 1 fully saturated rings. The first-order valence-electron chi connectivity index (χ1n) is 4.54. The van der Waals surface area contributed by atoms with Gasteiger partial charge < -0.3 is 5.73 Å². The predicted molar refractivity (Wildman–Crippen MR) is 53.3 cm³/mol. The van der Waals surface area contributed by atoms with Crippen LogP contribution >= 0.6 is 15.9 Å². The Balaban J connectivity index is 2.44. The van der Waals surface area contributed by atoms with E-state index < -0.39 is 5.67 Å². The van der Waals surface area contributed by atoms with E-state index in [1.165, 1.54) is 4.68 Å². The molecule has 6 heteroatoms. The lowest BCUT2D eigenvalue weighted by Gasteiger charge is -2.23. The van der Waals surface area contributed by atoms with Gasteiger partial charge in [-0.25, -0.2) is 9.07 Å². The molecule has 1 heterocycles. The number of alkyl halides is 1. The molecule has 1 aliphatic rings. The average molecular weight is 263 g/mol. The van der Waals surface area contributed by atoms with Gasteiger partial charge in [0.1, 0.15) is 5.69 Å². The number of halogens is 2. The maximum atomic E-state index is 14.5. The van der Waals surface area contributed by atoms with Crippen LogP contribution in [0.25, 0.3) is 0 Å². The number of nitrogens with two attached hydrogens (primary N) is 1. The molecule has 0 aliphatic heterocycles. The van der Waals surface area contributed by atoms with Crippen molar-refractivity contribution in [1.29, 1.82) is 0 Å². The van der Waals surface area contributed by atoms with Gasteiger partial charge in [0.15, 0.2) is 10.3 Å². The molecular weight excluding hydrogens is 251 g/mol. The third-order valence-corrected chi connectivity index (χ3v) is 3.24. The molecule has 4 nitrogen and oxygen atoms in total. The monoisotopic (exact) mass is 262 g/mol. The van der Waals surface area contributed by atoms with Crippen LogP contribution in [0.4, 0.5) is 4.39 Å². The summed E-state index contributed by atoms with van der Waals surface area (Å²) in [6.07, 6.45) is 1.79. The summed E-state index contributed by atoms with van der Waals surface area (Å²) in [6, 6.07) is 0. The minimum absolute atomic E-state index is 0.0164. The number of rotatable bonds is 3. The van der Waals surface area contributed by atoms with Crippen molar-refractivity contribution in [1.82, 2.24) is 15.0 Å². The Morgan fingerprint density at radius 3 is 2.71 bits per heavy atom. The highest BCUT2D eigenvalue weighted by molar-refractivity contribution is 9.10. The van der Waals surface area contributed by atoms with Crippen molar-refractivity contribution in [2.75, 3.05) is 6.54 Å². The summed E-state index contributed by atoms with van der Waals surface area (Å²) in [4.78, 5) is 0. The molecule has 1 saturated carbocycles. The molecule has 2 rings (SSSR count). The van der Waals surface area contributed by atoms with Crippen molar-refractivity contribution in [2.24, 2.45) is 18.7 Å². The first-order chi connectivity index (χ1) is 6.59. The van der Waals surface area contributed by atoms with E-state index in [2.05, 4.69) is 26.2 Å². The number of nitrogens with zero attached hydrogens (tertiary/aromatic N) is 3. The molecule has 0 spiro atoms. The zero-order valence-electron chi connectivity index (χ0n) is 7.87. The molecule has 78 valence electrons. The fraction of sp³-hybridized carbons (Fsp3) is 0.750. The molecular formula is C8H12BrFN4. The van der Waals surface area contributed by atoms with E-state index in [9.17, 15) is 4.39 Å². The number of aryl methyl sites for hydroxylation is 1. The second kappa shape index (κ2) is 3.27. The zero-order valence-corrected chi connectivity index (χ0v) is 9.46. The highest BCUT2D eigenvalue weighted by Crippen LogP contribution is 2.49. The number of aromatic nitrogens is 3. The lowest BCUT2D eigenvalue weighted by molar-refractivity contribution is 0.130. The number of hydrogen-bond acceptors (Lipinski definition) is 3. The highest BCUT2D eigenvalue weighted by Gasteiger charge is 2.49. The number of hydrogen-bond donors (Lipinski definition) is 1. The van der Waals surface area contributed by atoms with Crippen molar-refractivity contribution in [2.45, 2.75) is 18.5 Å². The molecule has 0 amide bonds. The highest BCUT2D eigenvalue weighted by atomic mass is 79.9. The second-order valence-corrected chi connectivity index (χ2v) is 4.44. The summed E-state index contributed by atoms with van der Waals surface area (Å²) in [6.45, 7) is -0.0164. The first kappa shape index (κ1) is 10.0. The molecule has 1 unspecified atom stereocenters. The van der Waals surface area contributed by atoms with Crippen molar-refractivity contribution >= 4 is 15.9 Å². The Morgan fingerprint density at radius 1 is 1.71 bits per heavy atom. The lowest BCUT2D eigenvalue weighted by atomic mass is 9.96. The molecule has 2 N–H and O–H groups in total. The van der Waals surface area contributed by atoms with Crippen LogP contribution < -0.4 is 5.73 Å².